The van der Waals surface area contributed by atoms with Crippen LogP contribution in [0.15, 0.2) is 12.1 Å². The molecule has 0 saturated heterocycles. The van der Waals surface area contributed by atoms with Gasteiger partial charge in [-0.1, -0.05) is 6.07 Å². The first-order chi connectivity index (χ1) is 8.06. The van der Waals surface area contributed by atoms with E-state index in [2.05, 4.69) is 0 Å². The molecule has 0 aromatic heterocycles. The molecule has 1 atom stereocenters. The summed E-state index contributed by atoms with van der Waals surface area (Å²) < 4.78 is 4.86. The number of aliphatic hydroxyl groups excluding tert-OH is 1. The number of aliphatic hydroxyl groups is 1. The van der Waals surface area contributed by atoms with Gasteiger partial charge in [-0.3, -0.25) is 4.79 Å². The molecular formula is C11H9NO5. The van der Waals surface area contributed by atoms with Gasteiger partial charge in [0.1, 0.15) is 17.4 Å². The second kappa shape index (κ2) is 5.09. The van der Waals surface area contributed by atoms with Crippen molar-refractivity contribution in [3.63, 3.8) is 0 Å². The maximum Gasteiger partial charge on any atom is 0.337 e. The predicted octanol–water partition coefficient (Wildman–Crippen LogP) is 0.497. The van der Waals surface area contributed by atoms with Gasteiger partial charge < -0.3 is 14.9 Å². The lowest BCUT2D eigenvalue weighted by molar-refractivity contribution is -0.146. The van der Waals surface area contributed by atoms with Gasteiger partial charge in [0.25, 0.3) is 0 Å². The molecule has 1 rings (SSSR count). The van der Waals surface area contributed by atoms with Crippen LogP contribution in [0, 0.1) is 11.3 Å². The van der Waals surface area contributed by atoms with Gasteiger partial charge in [0.15, 0.2) is 12.4 Å². The first-order valence-electron chi connectivity index (χ1n) is 4.53. The Bertz CT molecular complexity index is 503. The third-order valence-corrected chi connectivity index (χ3v) is 2.22. The molecule has 88 valence electrons. The highest BCUT2D eigenvalue weighted by Gasteiger charge is 2.23. The van der Waals surface area contributed by atoms with Crippen LogP contribution in [0.2, 0.25) is 0 Å². The highest BCUT2D eigenvalue weighted by atomic mass is 16.5. The summed E-state index contributed by atoms with van der Waals surface area (Å²) in [5.41, 5.74) is -0.410. The number of rotatable bonds is 4. The first-order valence-corrected chi connectivity index (χ1v) is 4.53. The fourth-order valence-electron chi connectivity index (χ4n) is 1.40. The number of ether oxygens (including phenoxy) is 1. The number of carbonyl (C=O) groups is 2. The number of nitriles is 1. The van der Waals surface area contributed by atoms with E-state index in [0.717, 1.165) is 0 Å². The van der Waals surface area contributed by atoms with E-state index in [9.17, 15) is 14.7 Å². The number of benzene rings is 1. The number of carbonyl (C=O) groups excluding carboxylic acids is 1. The van der Waals surface area contributed by atoms with Crippen molar-refractivity contribution in [2.75, 3.05) is 7.11 Å². The molecule has 1 unspecified atom stereocenters. The van der Waals surface area contributed by atoms with Crippen LogP contribution in [-0.2, 0) is 4.79 Å². The topological polar surface area (TPSA) is 108 Å². The molecule has 6 heteroatoms. The number of aliphatic carboxylic acids is 1. The Kier molecular flexibility index (Phi) is 3.80. The Balaban J connectivity index is 3.50. The maximum absolute atomic E-state index is 10.9. The van der Waals surface area contributed by atoms with Gasteiger partial charge in [-0.05, 0) is 6.07 Å². The van der Waals surface area contributed by atoms with Crippen molar-refractivity contribution in [2.24, 2.45) is 0 Å². The molecule has 0 aliphatic rings. The fourth-order valence-corrected chi connectivity index (χ4v) is 1.40. The Morgan fingerprint density at radius 1 is 1.59 bits per heavy atom. The Morgan fingerprint density at radius 3 is 2.65 bits per heavy atom. The van der Waals surface area contributed by atoms with Gasteiger partial charge in [0.05, 0.1) is 7.11 Å². The van der Waals surface area contributed by atoms with Crippen LogP contribution in [0.5, 0.6) is 5.75 Å². The molecule has 0 radical (unpaired) electrons. The van der Waals surface area contributed by atoms with Crippen molar-refractivity contribution in [2.45, 2.75) is 6.10 Å². The summed E-state index contributed by atoms with van der Waals surface area (Å²) in [5, 5.41) is 26.9. The van der Waals surface area contributed by atoms with E-state index in [4.69, 9.17) is 15.1 Å². The monoisotopic (exact) mass is 235 g/mol. The summed E-state index contributed by atoms with van der Waals surface area (Å²) in [6.07, 6.45) is -1.53. The smallest absolute Gasteiger partial charge is 0.337 e. The van der Waals surface area contributed by atoms with Crippen LogP contribution in [0.25, 0.3) is 0 Å². The zero-order chi connectivity index (χ0) is 13.0. The number of hydrogen-bond donors (Lipinski definition) is 2. The van der Waals surface area contributed by atoms with Gasteiger partial charge in [0.2, 0.25) is 0 Å². The van der Waals surface area contributed by atoms with E-state index in [-0.39, 0.29) is 22.4 Å². The summed E-state index contributed by atoms with van der Waals surface area (Å²) in [6.45, 7) is 0. The largest absolute Gasteiger partial charge is 0.495 e. The van der Waals surface area contributed by atoms with Gasteiger partial charge in [-0.2, -0.15) is 5.26 Å². The fraction of sp³-hybridized carbons (Fsp3) is 0.182. The van der Waals surface area contributed by atoms with E-state index in [1.165, 1.54) is 19.2 Å². The molecule has 17 heavy (non-hydrogen) atoms. The average molecular weight is 235 g/mol. The average Bonchev–Trinajstić information content (AvgIpc) is 2.35. The van der Waals surface area contributed by atoms with Crippen molar-refractivity contribution in [1.82, 2.24) is 0 Å². The van der Waals surface area contributed by atoms with Crippen LogP contribution < -0.4 is 4.74 Å². The number of nitrogens with zero attached hydrogens (tertiary/aromatic N) is 1. The van der Waals surface area contributed by atoms with Crippen LogP contribution in [0.1, 0.15) is 27.6 Å². The molecule has 0 aliphatic carbocycles. The minimum absolute atomic E-state index is 0.0969. The molecule has 0 fully saturated rings. The highest BCUT2D eigenvalue weighted by molar-refractivity contribution is 5.87. The molecule has 0 heterocycles. The molecule has 0 saturated carbocycles. The lowest BCUT2D eigenvalue weighted by Crippen LogP contribution is -2.13. The quantitative estimate of drug-likeness (QED) is 0.735. The second-order valence-corrected chi connectivity index (χ2v) is 3.12. The molecule has 0 bridgehead atoms. The lowest BCUT2D eigenvalue weighted by atomic mass is 9.97. The minimum Gasteiger partial charge on any atom is -0.495 e. The molecule has 0 aliphatic heterocycles. The van der Waals surface area contributed by atoms with Crippen molar-refractivity contribution < 1.29 is 24.5 Å². The van der Waals surface area contributed by atoms with Crippen molar-refractivity contribution in [3.8, 4) is 11.8 Å². The standard InChI is InChI=1S/C11H9NO5/c1-17-9-3-2-6(10(14)11(15)16)8(5-13)7(9)4-12/h2-3,5,10,14H,1H3,(H,15,16). The Hall–Kier alpha value is -2.39. The Morgan fingerprint density at radius 2 is 2.24 bits per heavy atom. The third-order valence-electron chi connectivity index (χ3n) is 2.22. The minimum atomic E-state index is -1.85. The van der Waals surface area contributed by atoms with Crippen molar-refractivity contribution in [1.29, 1.82) is 5.26 Å². The van der Waals surface area contributed by atoms with E-state index >= 15 is 0 Å². The van der Waals surface area contributed by atoms with Gasteiger partial charge in [-0.25, -0.2) is 4.79 Å². The molecule has 6 nitrogen and oxygen atoms in total. The number of aldehydes is 1. The normalized spacial score (nSPS) is 11.4. The van der Waals surface area contributed by atoms with Gasteiger partial charge in [0, 0.05) is 11.1 Å². The summed E-state index contributed by atoms with van der Waals surface area (Å²) in [6, 6.07) is 4.30. The van der Waals surface area contributed by atoms with E-state index in [1.807, 2.05) is 0 Å². The SMILES string of the molecule is COc1ccc(C(O)C(=O)O)c(C=O)c1C#N. The van der Waals surface area contributed by atoms with Gasteiger partial charge >= 0.3 is 5.97 Å². The summed E-state index contributed by atoms with van der Waals surface area (Å²) in [7, 11) is 1.32. The molecule has 1 aromatic carbocycles. The molecular weight excluding hydrogens is 226 g/mol. The predicted molar refractivity (Wildman–Crippen MR) is 55.7 cm³/mol. The van der Waals surface area contributed by atoms with E-state index in [0.29, 0.717) is 6.29 Å². The number of methoxy groups -OCH3 is 1. The second-order valence-electron chi connectivity index (χ2n) is 3.12. The van der Waals surface area contributed by atoms with Gasteiger partial charge in [-0.15, -0.1) is 0 Å². The number of hydrogen-bond acceptors (Lipinski definition) is 5. The molecule has 1 aromatic rings. The van der Waals surface area contributed by atoms with Crippen LogP contribution in [0.3, 0.4) is 0 Å². The number of carboxylic acids is 1. The molecule has 0 amide bonds. The third kappa shape index (κ3) is 2.24. The van der Waals surface area contributed by atoms with Crippen LogP contribution in [0.4, 0.5) is 0 Å². The van der Waals surface area contributed by atoms with Crippen LogP contribution >= 0.6 is 0 Å². The first kappa shape index (κ1) is 12.7. The van der Waals surface area contributed by atoms with Crippen molar-refractivity contribution in [3.05, 3.63) is 28.8 Å². The summed E-state index contributed by atoms with van der Waals surface area (Å²) in [4.78, 5) is 21.5. The zero-order valence-electron chi connectivity index (χ0n) is 8.88. The summed E-state index contributed by atoms with van der Waals surface area (Å²) >= 11 is 0. The highest BCUT2D eigenvalue weighted by Crippen LogP contribution is 2.27. The van der Waals surface area contributed by atoms with E-state index in [1.54, 1.807) is 6.07 Å². The van der Waals surface area contributed by atoms with E-state index < -0.39 is 12.1 Å². The zero-order valence-corrected chi connectivity index (χ0v) is 8.88. The van der Waals surface area contributed by atoms with Crippen molar-refractivity contribution >= 4 is 12.3 Å². The lowest BCUT2D eigenvalue weighted by Gasteiger charge is -2.12. The van der Waals surface area contributed by atoms with Crippen LogP contribution in [-0.4, -0.2) is 29.6 Å². The molecule has 0 spiro atoms. The maximum atomic E-state index is 10.9. The number of carboxylic acid groups (broad SMARTS) is 1. The molecule has 2 N–H and O–H groups in total. The summed E-state index contributed by atoms with van der Waals surface area (Å²) in [5.74, 6) is -1.35. The Labute approximate surface area is 96.7 Å².